The van der Waals surface area contributed by atoms with E-state index in [1.807, 2.05) is 24.3 Å². The zero-order valence-electron chi connectivity index (χ0n) is 11.3. The third-order valence-corrected chi connectivity index (χ3v) is 3.95. The predicted octanol–water partition coefficient (Wildman–Crippen LogP) is 1.35. The standard InChI is InChI=1S/C14H18N2O3S/c1-19-9-10(8-17)15-13(18)6-7-14-16-11-4-2-3-5-12(11)20-14/h2-5,10,17H,6-9H2,1H3,(H,15,18). The molecule has 0 bridgehead atoms. The number of nitrogens with one attached hydrogen (secondary N) is 1. The Morgan fingerprint density at radius 2 is 2.30 bits per heavy atom. The van der Waals surface area contributed by atoms with E-state index in [2.05, 4.69) is 10.3 Å². The van der Waals surface area contributed by atoms with Crippen molar-refractivity contribution in [2.24, 2.45) is 0 Å². The summed E-state index contributed by atoms with van der Waals surface area (Å²) in [7, 11) is 1.54. The molecule has 20 heavy (non-hydrogen) atoms. The molecular formula is C14H18N2O3S. The Balaban J connectivity index is 1.86. The van der Waals surface area contributed by atoms with Gasteiger partial charge in [0.05, 0.1) is 34.5 Å². The van der Waals surface area contributed by atoms with Gasteiger partial charge >= 0.3 is 0 Å². The van der Waals surface area contributed by atoms with E-state index in [1.165, 1.54) is 7.11 Å². The molecule has 1 heterocycles. The van der Waals surface area contributed by atoms with Gasteiger partial charge in [-0.3, -0.25) is 4.79 Å². The quantitative estimate of drug-likeness (QED) is 0.808. The molecule has 2 N–H and O–H groups in total. The number of hydrogen-bond donors (Lipinski definition) is 2. The number of aromatic nitrogens is 1. The van der Waals surface area contributed by atoms with Gasteiger partial charge in [-0.2, -0.15) is 0 Å². The molecule has 1 amide bonds. The van der Waals surface area contributed by atoms with Crippen molar-refractivity contribution in [1.29, 1.82) is 0 Å². The number of fused-ring (bicyclic) bond motifs is 1. The van der Waals surface area contributed by atoms with Crippen LogP contribution in [0.2, 0.25) is 0 Å². The Morgan fingerprint density at radius 1 is 1.50 bits per heavy atom. The van der Waals surface area contributed by atoms with E-state index in [-0.39, 0.29) is 18.6 Å². The van der Waals surface area contributed by atoms with Crippen LogP contribution >= 0.6 is 11.3 Å². The Hall–Kier alpha value is -1.50. The number of hydrogen-bond acceptors (Lipinski definition) is 5. The van der Waals surface area contributed by atoms with Crippen molar-refractivity contribution >= 4 is 27.5 Å². The van der Waals surface area contributed by atoms with Crippen LogP contribution in [0.5, 0.6) is 0 Å². The van der Waals surface area contributed by atoms with Crippen LogP contribution in [0, 0.1) is 0 Å². The summed E-state index contributed by atoms with van der Waals surface area (Å²) >= 11 is 1.61. The third-order valence-electron chi connectivity index (χ3n) is 2.86. The van der Waals surface area contributed by atoms with Gasteiger partial charge in [-0.1, -0.05) is 12.1 Å². The molecule has 1 atom stereocenters. The third kappa shape index (κ3) is 4.00. The highest BCUT2D eigenvalue weighted by molar-refractivity contribution is 7.18. The number of aliphatic hydroxyl groups excluding tert-OH is 1. The molecule has 0 radical (unpaired) electrons. The molecule has 0 aliphatic carbocycles. The van der Waals surface area contributed by atoms with Gasteiger partial charge in [0.15, 0.2) is 0 Å². The Labute approximate surface area is 121 Å². The first-order chi connectivity index (χ1) is 9.72. The predicted molar refractivity (Wildman–Crippen MR) is 78.8 cm³/mol. The van der Waals surface area contributed by atoms with Gasteiger partial charge < -0.3 is 15.2 Å². The number of aliphatic hydroxyl groups is 1. The van der Waals surface area contributed by atoms with Crippen LogP contribution in [0.1, 0.15) is 11.4 Å². The van der Waals surface area contributed by atoms with Crippen LogP contribution in [0.25, 0.3) is 10.2 Å². The molecule has 0 saturated heterocycles. The zero-order chi connectivity index (χ0) is 14.4. The van der Waals surface area contributed by atoms with Gasteiger partial charge in [0, 0.05) is 20.0 Å². The highest BCUT2D eigenvalue weighted by Crippen LogP contribution is 2.22. The highest BCUT2D eigenvalue weighted by Gasteiger charge is 2.12. The number of carbonyl (C=O) groups excluding carboxylic acids is 1. The first kappa shape index (κ1) is 14.9. The fourth-order valence-electron chi connectivity index (χ4n) is 1.89. The molecule has 108 valence electrons. The molecule has 0 fully saturated rings. The van der Waals surface area contributed by atoms with Crippen molar-refractivity contribution in [3.63, 3.8) is 0 Å². The van der Waals surface area contributed by atoms with Crippen LogP contribution in [0.4, 0.5) is 0 Å². The average molecular weight is 294 g/mol. The summed E-state index contributed by atoms with van der Waals surface area (Å²) in [6.45, 7) is 0.185. The second-order valence-corrected chi connectivity index (χ2v) is 5.59. The molecule has 2 aromatic rings. The molecule has 2 rings (SSSR count). The number of rotatable bonds is 7. The number of benzene rings is 1. The van der Waals surface area contributed by atoms with Crippen LogP contribution in [-0.4, -0.2) is 42.4 Å². The summed E-state index contributed by atoms with van der Waals surface area (Å²) in [5.74, 6) is -0.0969. The molecular weight excluding hydrogens is 276 g/mol. The SMILES string of the molecule is COCC(CO)NC(=O)CCc1nc2ccccc2s1. The number of methoxy groups -OCH3 is 1. The van der Waals surface area contributed by atoms with E-state index in [4.69, 9.17) is 9.84 Å². The minimum atomic E-state index is -0.345. The van der Waals surface area contributed by atoms with Crippen LogP contribution in [0.3, 0.4) is 0 Å². The van der Waals surface area contributed by atoms with Gasteiger partial charge in [0.25, 0.3) is 0 Å². The van der Waals surface area contributed by atoms with Gasteiger partial charge in [-0.05, 0) is 12.1 Å². The summed E-state index contributed by atoms with van der Waals surface area (Å²) in [6, 6.07) is 7.58. The van der Waals surface area contributed by atoms with E-state index in [9.17, 15) is 4.79 Å². The molecule has 0 spiro atoms. The van der Waals surface area contributed by atoms with Gasteiger partial charge in [0.1, 0.15) is 0 Å². The Kier molecular flexibility index (Phi) is 5.46. The maximum atomic E-state index is 11.8. The number of carbonyl (C=O) groups is 1. The zero-order valence-corrected chi connectivity index (χ0v) is 12.2. The number of aryl methyl sites for hydroxylation is 1. The first-order valence-electron chi connectivity index (χ1n) is 6.46. The Bertz CT molecular complexity index is 537. The van der Waals surface area contributed by atoms with Gasteiger partial charge in [-0.15, -0.1) is 11.3 Å². The Morgan fingerprint density at radius 3 is 3.00 bits per heavy atom. The second-order valence-electron chi connectivity index (χ2n) is 4.48. The summed E-state index contributed by atoms with van der Waals surface area (Å²) in [5.41, 5.74) is 0.973. The van der Waals surface area contributed by atoms with Crippen LogP contribution < -0.4 is 5.32 Å². The van der Waals surface area contributed by atoms with Crippen molar-refractivity contribution in [1.82, 2.24) is 10.3 Å². The number of nitrogens with zero attached hydrogens (tertiary/aromatic N) is 1. The van der Waals surface area contributed by atoms with Crippen molar-refractivity contribution in [2.75, 3.05) is 20.3 Å². The van der Waals surface area contributed by atoms with E-state index in [1.54, 1.807) is 11.3 Å². The number of thiazole rings is 1. The highest BCUT2D eigenvalue weighted by atomic mass is 32.1. The van der Waals surface area contributed by atoms with Crippen molar-refractivity contribution in [2.45, 2.75) is 18.9 Å². The largest absolute Gasteiger partial charge is 0.394 e. The van der Waals surface area contributed by atoms with Crippen molar-refractivity contribution in [3.8, 4) is 0 Å². The molecule has 0 aliphatic rings. The van der Waals surface area contributed by atoms with E-state index >= 15 is 0 Å². The minimum absolute atomic E-state index is 0.0969. The van der Waals surface area contributed by atoms with E-state index < -0.39 is 0 Å². The van der Waals surface area contributed by atoms with E-state index in [0.717, 1.165) is 15.2 Å². The van der Waals surface area contributed by atoms with Crippen molar-refractivity contribution in [3.05, 3.63) is 29.3 Å². The molecule has 1 unspecified atom stereocenters. The normalized spacial score (nSPS) is 12.5. The monoisotopic (exact) mass is 294 g/mol. The topological polar surface area (TPSA) is 71.5 Å². The van der Waals surface area contributed by atoms with Crippen molar-refractivity contribution < 1.29 is 14.6 Å². The summed E-state index contributed by atoms with van der Waals surface area (Å²) in [5, 5.41) is 12.8. The molecule has 5 nitrogen and oxygen atoms in total. The summed E-state index contributed by atoms with van der Waals surface area (Å²) in [6.07, 6.45) is 0.969. The van der Waals surface area contributed by atoms with Crippen LogP contribution in [-0.2, 0) is 16.0 Å². The lowest BCUT2D eigenvalue weighted by atomic mass is 10.2. The number of ether oxygens (including phenoxy) is 1. The summed E-state index contributed by atoms with van der Waals surface area (Å²) < 4.78 is 6.05. The first-order valence-corrected chi connectivity index (χ1v) is 7.28. The smallest absolute Gasteiger partial charge is 0.220 e. The molecule has 0 saturated carbocycles. The minimum Gasteiger partial charge on any atom is -0.394 e. The lowest BCUT2D eigenvalue weighted by Crippen LogP contribution is -2.40. The molecule has 6 heteroatoms. The van der Waals surface area contributed by atoms with Crippen LogP contribution in [0.15, 0.2) is 24.3 Å². The molecule has 1 aromatic heterocycles. The summed E-state index contributed by atoms with van der Waals surface area (Å²) in [4.78, 5) is 16.3. The number of amides is 1. The maximum Gasteiger partial charge on any atom is 0.220 e. The lowest BCUT2D eigenvalue weighted by Gasteiger charge is -2.14. The average Bonchev–Trinajstić information content (AvgIpc) is 2.87. The number of para-hydroxylation sites is 1. The second kappa shape index (κ2) is 7.33. The molecule has 1 aromatic carbocycles. The van der Waals surface area contributed by atoms with Gasteiger partial charge in [-0.25, -0.2) is 4.98 Å². The van der Waals surface area contributed by atoms with E-state index in [0.29, 0.717) is 19.4 Å². The van der Waals surface area contributed by atoms with Gasteiger partial charge in [0.2, 0.25) is 5.91 Å². The molecule has 0 aliphatic heterocycles. The maximum absolute atomic E-state index is 11.8. The fraction of sp³-hybridized carbons (Fsp3) is 0.429. The lowest BCUT2D eigenvalue weighted by molar-refractivity contribution is -0.122. The fourth-order valence-corrected chi connectivity index (χ4v) is 2.86.